The molecule has 4 nitrogen and oxygen atoms in total. The van der Waals surface area contributed by atoms with Crippen LogP contribution in [0.2, 0.25) is 0 Å². The molecule has 0 saturated carbocycles. The van der Waals surface area contributed by atoms with E-state index < -0.39 is 5.97 Å². The van der Waals surface area contributed by atoms with Gasteiger partial charge in [0.1, 0.15) is 11.3 Å². The Kier molecular flexibility index (Phi) is 3.37. The van der Waals surface area contributed by atoms with Crippen molar-refractivity contribution in [3.63, 3.8) is 0 Å². The number of rotatable bonds is 4. The molecule has 0 saturated heterocycles. The van der Waals surface area contributed by atoms with Gasteiger partial charge in [-0.1, -0.05) is 6.07 Å². The number of carbonyl (C=O) groups is 1. The van der Waals surface area contributed by atoms with Gasteiger partial charge in [-0.05, 0) is 43.2 Å². The summed E-state index contributed by atoms with van der Waals surface area (Å²) in [6.45, 7) is 4.45. The third-order valence-electron chi connectivity index (χ3n) is 2.94. The summed E-state index contributed by atoms with van der Waals surface area (Å²) in [6, 6.07) is 7.47. The SMILES string of the molecule is Cc1ccc(NCc2occc2C(=O)O)cc1C. The number of aryl methyl sites for hydroxylation is 2. The van der Waals surface area contributed by atoms with Crippen LogP contribution in [0.3, 0.4) is 0 Å². The third-order valence-corrected chi connectivity index (χ3v) is 2.94. The first-order valence-electron chi connectivity index (χ1n) is 5.68. The zero-order chi connectivity index (χ0) is 13.1. The maximum Gasteiger partial charge on any atom is 0.339 e. The Balaban J connectivity index is 2.09. The molecule has 2 N–H and O–H groups in total. The van der Waals surface area contributed by atoms with E-state index in [1.54, 1.807) is 0 Å². The number of benzene rings is 1. The highest BCUT2D eigenvalue weighted by Gasteiger charge is 2.12. The molecule has 0 spiro atoms. The highest BCUT2D eigenvalue weighted by molar-refractivity contribution is 5.88. The van der Waals surface area contributed by atoms with Gasteiger partial charge in [-0.15, -0.1) is 0 Å². The first-order chi connectivity index (χ1) is 8.58. The minimum atomic E-state index is -0.972. The molecule has 0 aliphatic heterocycles. The minimum absolute atomic E-state index is 0.200. The summed E-state index contributed by atoms with van der Waals surface area (Å²) in [4.78, 5) is 10.9. The molecule has 4 heteroatoms. The number of carboxylic acids is 1. The quantitative estimate of drug-likeness (QED) is 0.868. The lowest BCUT2D eigenvalue weighted by Gasteiger charge is -2.07. The maximum absolute atomic E-state index is 10.9. The van der Waals surface area contributed by atoms with E-state index in [9.17, 15) is 4.79 Å². The van der Waals surface area contributed by atoms with Crippen molar-refractivity contribution < 1.29 is 14.3 Å². The van der Waals surface area contributed by atoms with Gasteiger partial charge in [-0.3, -0.25) is 0 Å². The number of hydrogen-bond donors (Lipinski definition) is 2. The predicted molar refractivity (Wildman–Crippen MR) is 68.9 cm³/mol. The molecule has 0 amide bonds. The van der Waals surface area contributed by atoms with E-state index in [4.69, 9.17) is 9.52 Å². The molecule has 2 aromatic rings. The van der Waals surface area contributed by atoms with Gasteiger partial charge in [-0.25, -0.2) is 4.79 Å². The van der Waals surface area contributed by atoms with Gasteiger partial charge in [0.05, 0.1) is 12.8 Å². The van der Waals surface area contributed by atoms with Crippen LogP contribution in [0.25, 0.3) is 0 Å². The van der Waals surface area contributed by atoms with E-state index in [1.807, 2.05) is 32.0 Å². The fraction of sp³-hybridized carbons (Fsp3) is 0.214. The molecule has 0 aliphatic carbocycles. The number of hydrogen-bond acceptors (Lipinski definition) is 3. The molecule has 18 heavy (non-hydrogen) atoms. The standard InChI is InChI=1S/C14H15NO3/c1-9-3-4-11(7-10(9)2)15-8-13-12(14(16)17)5-6-18-13/h3-7,15H,8H2,1-2H3,(H,16,17). The Hall–Kier alpha value is -2.23. The zero-order valence-corrected chi connectivity index (χ0v) is 10.4. The molecule has 0 bridgehead atoms. The van der Waals surface area contributed by atoms with Crippen LogP contribution in [0.15, 0.2) is 34.9 Å². The second-order valence-corrected chi connectivity index (χ2v) is 4.22. The number of anilines is 1. The van der Waals surface area contributed by atoms with Crippen LogP contribution in [0.4, 0.5) is 5.69 Å². The van der Waals surface area contributed by atoms with Crippen molar-refractivity contribution in [2.24, 2.45) is 0 Å². The van der Waals surface area contributed by atoms with Gasteiger partial charge >= 0.3 is 5.97 Å². The van der Waals surface area contributed by atoms with E-state index in [2.05, 4.69) is 5.32 Å². The second kappa shape index (κ2) is 4.96. The van der Waals surface area contributed by atoms with Crippen molar-refractivity contribution in [2.75, 3.05) is 5.32 Å². The van der Waals surface area contributed by atoms with Gasteiger partial charge in [0.25, 0.3) is 0 Å². The van der Waals surface area contributed by atoms with Crippen LogP contribution in [0.1, 0.15) is 27.2 Å². The van der Waals surface area contributed by atoms with Crippen molar-refractivity contribution in [1.29, 1.82) is 0 Å². The Morgan fingerprint density at radius 2 is 2.06 bits per heavy atom. The van der Waals surface area contributed by atoms with Crippen LogP contribution < -0.4 is 5.32 Å². The Bertz CT molecular complexity index is 572. The Morgan fingerprint density at radius 1 is 1.28 bits per heavy atom. The normalized spacial score (nSPS) is 10.3. The molecular weight excluding hydrogens is 230 g/mol. The molecule has 94 valence electrons. The third kappa shape index (κ3) is 2.53. The fourth-order valence-corrected chi connectivity index (χ4v) is 1.70. The Labute approximate surface area is 105 Å². The summed E-state index contributed by atoms with van der Waals surface area (Å²) < 4.78 is 5.16. The Morgan fingerprint density at radius 3 is 2.72 bits per heavy atom. The fourth-order valence-electron chi connectivity index (χ4n) is 1.70. The zero-order valence-electron chi connectivity index (χ0n) is 10.4. The van der Waals surface area contributed by atoms with E-state index in [-0.39, 0.29) is 5.56 Å². The van der Waals surface area contributed by atoms with Gasteiger partial charge < -0.3 is 14.8 Å². The number of aromatic carboxylic acids is 1. The molecule has 0 fully saturated rings. The molecule has 0 atom stereocenters. The van der Waals surface area contributed by atoms with E-state index in [0.717, 1.165) is 5.69 Å². The van der Waals surface area contributed by atoms with E-state index in [0.29, 0.717) is 12.3 Å². The van der Waals surface area contributed by atoms with Crippen molar-refractivity contribution in [1.82, 2.24) is 0 Å². The average molecular weight is 245 g/mol. The molecule has 1 aromatic heterocycles. The molecule has 2 rings (SSSR count). The van der Waals surface area contributed by atoms with E-state index >= 15 is 0 Å². The van der Waals surface area contributed by atoms with Gasteiger partial charge in [0, 0.05) is 5.69 Å². The van der Waals surface area contributed by atoms with Gasteiger partial charge in [0.15, 0.2) is 0 Å². The number of carboxylic acid groups (broad SMARTS) is 1. The monoisotopic (exact) mass is 245 g/mol. The molecular formula is C14H15NO3. The summed E-state index contributed by atoms with van der Waals surface area (Å²) in [5.41, 5.74) is 3.57. The highest BCUT2D eigenvalue weighted by Crippen LogP contribution is 2.17. The average Bonchev–Trinajstić information content (AvgIpc) is 2.79. The summed E-state index contributed by atoms with van der Waals surface area (Å²) in [5, 5.41) is 12.1. The van der Waals surface area contributed by atoms with Crippen LogP contribution >= 0.6 is 0 Å². The topological polar surface area (TPSA) is 62.5 Å². The van der Waals surface area contributed by atoms with Crippen molar-refractivity contribution >= 4 is 11.7 Å². The number of nitrogens with one attached hydrogen (secondary N) is 1. The van der Waals surface area contributed by atoms with Crippen LogP contribution in [-0.4, -0.2) is 11.1 Å². The van der Waals surface area contributed by atoms with Gasteiger partial charge in [-0.2, -0.15) is 0 Å². The van der Waals surface area contributed by atoms with Crippen LogP contribution in [0.5, 0.6) is 0 Å². The second-order valence-electron chi connectivity index (χ2n) is 4.22. The van der Waals surface area contributed by atoms with Crippen LogP contribution in [-0.2, 0) is 6.54 Å². The van der Waals surface area contributed by atoms with Crippen molar-refractivity contribution in [3.8, 4) is 0 Å². The molecule has 1 heterocycles. The molecule has 0 radical (unpaired) electrons. The summed E-state index contributed by atoms with van der Waals surface area (Å²) in [7, 11) is 0. The minimum Gasteiger partial charge on any atom is -0.478 e. The number of furan rings is 1. The lowest BCUT2D eigenvalue weighted by atomic mass is 10.1. The van der Waals surface area contributed by atoms with Crippen LogP contribution in [0, 0.1) is 13.8 Å². The molecule has 0 unspecified atom stereocenters. The van der Waals surface area contributed by atoms with Gasteiger partial charge in [0.2, 0.25) is 0 Å². The van der Waals surface area contributed by atoms with Crippen molar-refractivity contribution in [3.05, 3.63) is 53.0 Å². The lowest BCUT2D eigenvalue weighted by Crippen LogP contribution is -2.04. The lowest BCUT2D eigenvalue weighted by molar-refractivity contribution is 0.0694. The summed E-state index contributed by atoms with van der Waals surface area (Å²) in [6.07, 6.45) is 1.39. The highest BCUT2D eigenvalue weighted by atomic mass is 16.4. The summed E-state index contributed by atoms with van der Waals surface area (Å²) in [5.74, 6) is -0.540. The van der Waals surface area contributed by atoms with Crippen molar-refractivity contribution in [2.45, 2.75) is 20.4 Å². The predicted octanol–water partition coefficient (Wildman–Crippen LogP) is 3.21. The molecule has 0 aliphatic rings. The largest absolute Gasteiger partial charge is 0.478 e. The molecule has 1 aromatic carbocycles. The first-order valence-corrected chi connectivity index (χ1v) is 5.68. The maximum atomic E-state index is 10.9. The smallest absolute Gasteiger partial charge is 0.339 e. The first kappa shape index (κ1) is 12.2. The van der Waals surface area contributed by atoms with E-state index in [1.165, 1.54) is 23.5 Å². The summed E-state index contributed by atoms with van der Waals surface area (Å²) >= 11 is 0.